The molecule has 0 amide bonds. The first-order chi connectivity index (χ1) is 10.1. The topological polar surface area (TPSA) is 103 Å². The van der Waals surface area contributed by atoms with Crippen LogP contribution in [-0.2, 0) is 4.79 Å². The molecule has 1 unspecified atom stereocenters. The summed E-state index contributed by atoms with van der Waals surface area (Å²) in [6, 6.07) is 5.99. The van der Waals surface area contributed by atoms with Crippen LogP contribution in [0.2, 0.25) is 0 Å². The van der Waals surface area contributed by atoms with Gasteiger partial charge in [-0.2, -0.15) is 0 Å². The fraction of sp³-hybridized carbons (Fsp3) is 0.286. The number of nitro benzene ring substituents is 1. The summed E-state index contributed by atoms with van der Waals surface area (Å²) in [6.45, 7) is 0. The summed E-state index contributed by atoms with van der Waals surface area (Å²) >= 11 is 0. The first-order valence-electron chi connectivity index (χ1n) is 6.49. The van der Waals surface area contributed by atoms with Gasteiger partial charge < -0.3 is 9.84 Å². The monoisotopic (exact) mass is 288 g/mol. The zero-order valence-electron chi connectivity index (χ0n) is 10.9. The lowest BCUT2D eigenvalue weighted by Crippen LogP contribution is -2.29. The Kier molecular flexibility index (Phi) is 3.17. The minimum absolute atomic E-state index is 0.00409. The van der Waals surface area contributed by atoms with Crippen molar-refractivity contribution in [2.45, 2.75) is 18.9 Å². The third-order valence-electron chi connectivity index (χ3n) is 3.45. The minimum atomic E-state index is -1.02. The summed E-state index contributed by atoms with van der Waals surface area (Å²) in [7, 11) is 0. The van der Waals surface area contributed by atoms with Crippen molar-refractivity contribution in [2.24, 2.45) is 5.92 Å². The van der Waals surface area contributed by atoms with E-state index in [1.807, 2.05) is 0 Å². The average Bonchev–Trinajstić information content (AvgIpc) is 3.28. The van der Waals surface area contributed by atoms with Crippen LogP contribution >= 0.6 is 0 Å². The molecule has 1 heterocycles. The van der Waals surface area contributed by atoms with E-state index in [0.29, 0.717) is 11.1 Å². The molecule has 7 nitrogen and oxygen atoms in total. The normalized spacial score (nSPS) is 15.6. The van der Waals surface area contributed by atoms with Crippen molar-refractivity contribution in [3.05, 3.63) is 40.6 Å². The summed E-state index contributed by atoms with van der Waals surface area (Å²) in [6.07, 6.45) is 2.17. The number of nitro groups is 1. The number of hydrogen-bond acceptors (Lipinski definition) is 5. The van der Waals surface area contributed by atoms with Crippen molar-refractivity contribution >= 4 is 22.6 Å². The fourth-order valence-corrected chi connectivity index (χ4v) is 2.27. The molecule has 21 heavy (non-hydrogen) atoms. The quantitative estimate of drug-likeness (QED) is 0.669. The Morgan fingerprint density at radius 2 is 2.19 bits per heavy atom. The van der Waals surface area contributed by atoms with Crippen molar-refractivity contribution in [1.82, 2.24) is 4.98 Å². The van der Waals surface area contributed by atoms with E-state index < -0.39 is 17.0 Å². The molecule has 1 saturated carbocycles. The lowest BCUT2D eigenvalue weighted by molar-refractivity contribution is -0.383. The number of non-ortho nitro benzene ring substituents is 1. The number of hydrogen-bond donors (Lipinski definition) is 1. The number of nitrogens with zero attached hydrogens (tertiary/aromatic N) is 2. The maximum absolute atomic E-state index is 11.2. The second-order valence-electron chi connectivity index (χ2n) is 4.95. The van der Waals surface area contributed by atoms with Crippen LogP contribution in [0.5, 0.6) is 5.75 Å². The van der Waals surface area contributed by atoms with Gasteiger partial charge in [0.2, 0.25) is 0 Å². The number of ether oxygens (including phenoxy) is 1. The highest BCUT2D eigenvalue weighted by Gasteiger charge is 2.38. The number of carbonyl (C=O) groups is 1. The van der Waals surface area contributed by atoms with E-state index in [9.17, 15) is 20.0 Å². The number of fused-ring (bicyclic) bond motifs is 1. The Balaban J connectivity index is 2.05. The van der Waals surface area contributed by atoms with Crippen LogP contribution < -0.4 is 4.74 Å². The molecule has 0 radical (unpaired) electrons. The van der Waals surface area contributed by atoms with Crippen LogP contribution in [0.25, 0.3) is 10.9 Å². The molecule has 1 aliphatic rings. The molecule has 1 fully saturated rings. The lowest BCUT2D eigenvalue weighted by atomic mass is 10.1. The van der Waals surface area contributed by atoms with Gasteiger partial charge in [-0.25, -0.2) is 9.78 Å². The van der Waals surface area contributed by atoms with Gasteiger partial charge in [0.1, 0.15) is 5.75 Å². The molecular formula is C14H12N2O5. The van der Waals surface area contributed by atoms with Gasteiger partial charge in [0.05, 0.1) is 4.92 Å². The first-order valence-corrected chi connectivity index (χ1v) is 6.49. The molecule has 0 saturated heterocycles. The molecule has 0 aliphatic heterocycles. The largest absolute Gasteiger partial charge is 0.478 e. The predicted molar refractivity (Wildman–Crippen MR) is 73.2 cm³/mol. The fourth-order valence-electron chi connectivity index (χ4n) is 2.27. The summed E-state index contributed by atoms with van der Waals surface area (Å²) in [5.74, 6) is -0.708. The third-order valence-corrected chi connectivity index (χ3v) is 3.45. The number of carboxylic acids is 1. The summed E-state index contributed by atoms with van der Waals surface area (Å²) < 4.78 is 5.59. The second kappa shape index (κ2) is 5.01. The Hall–Kier alpha value is -2.70. The van der Waals surface area contributed by atoms with E-state index >= 15 is 0 Å². The SMILES string of the molecule is O=C(O)C(Oc1ccc([N+](=O)[O-])c2ncccc12)C1CC1. The van der Waals surface area contributed by atoms with Crippen molar-refractivity contribution in [2.75, 3.05) is 0 Å². The van der Waals surface area contributed by atoms with Gasteiger partial charge >= 0.3 is 5.97 Å². The van der Waals surface area contributed by atoms with Crippen molar-refractivity contribution in [3.63, 3.8) is 0 Å². The number of aliphatic carboxylic acids is 1. The molecular weight excluding hydrogens is 276 g/mol. The number of pyridine rings is 1. The van der Waals surface area contributed by atoms with Gasteiger partial charge in [-0.1, -0.05) is 0 Å². The number of benzene rings is 1. The van der Waals surface area contributed by atoms with Gasteiger partial charge in [-0.05, 0) is 31.0 Å². The molecule has 108 valence electrons. The van der Waals surface area contributed by atoms with Crippen LogP contribution in [-0.4, -0.2) is 27.1 Å². The van der Waals surface area contributed by atoms with E-state index in [1.165, 1.54) is 18.3 Å². The van der Waals surface area contributed by atoms with Crippen LogP contribution in [0.3, 0.4) is 0 Å². The summed E-state index contributed by atoms with van der Waals surface area (Å²) in [5, 5.41) is 20.7. The van der Waals surface area contributed by atoms with Crippen LogP contribution in [0.4, 0.5) is 5.69 Å². The Morgan fingerprint density at radius 1 is 1.43 bits per heavy atom. The highest BCUT2D eigenvalue weighted by Crippen LogP contribution is 2.38. The molecule has 3 rings (SSSR count). The molecule has 1 aromatic heterocycles. The van der Waals surface area contributed by atoms with Crippen molar-refractivity contribution in [3.8, 4) is 5.75 Å². The van der Waals surface area contributed by atoms with E-state index in [-0.39, 0.29) is 17.1 Å². The van der Waals surface area contributed by atoms with Gasteiger partial charge in [-0.15, -0.1) is 0 Å². The average molecular weight is 288 g/mol. The molecule has 2 aromatic rings. The number of rotatable bonds is 5. The number of aromatic nitrogens is 1. The maximum atomic E-state index is 11.2. The minimum Gasteiger partial charge on any atom is -0.478 e. The highest BCUT2D eigenvalue weighted by atomic mass is 16.6. The van der Waals surface area contributed by atoms with Gasteiger partial charge in [0, 0.05) is 23.6 Å². The molecule has 1 aliphatic carbocycles. The standard InChI is InChI=1S/C14H12N2O5/c17-14(18)13(8-3-4-8)21-11-6-5-10(16(19)20)12-9(11)2-1-7-15-12/h1-2,5-8,13H,3-4H2,(H,17,18). The van der Waals surface area contributed by atoms with E-state index in [0.717, 1.165) is 12.8 Å². The van der Waals surface area contributed by atoms with Gasteiger partial charge in [0.15, 0.2) is 11.6 Å². The number of carboxylic acid groups (broad SMARTS) is 1. The molecule has 1 aromatic carbocycles. The van der Waals surface area contributed by atoms with Crippen LogP contribution in [0.15, 0.2) is 30.5 Å². The van der Waals surface area contributed by atoms with E-state index in [4.69, 9.17) is 4.74 Å². The molecule has 0 bridgehead atoms. The van der Waals surface area contributed by atoms with Crippen LogP contribution in [0, 0.1) is 16.0 Å². The third kappa shape index (κ3) is 2.49. The smallest absolute Gasteiger partial charge is 0.345 e. The Morgan fingerprint density at radius 3 is 2.81 bits per heavy atom. The predicted octanol–water partition coefficient (Wildman–Crippen LogP) is 2.39. The Bertz CT molecular complexity index is 726. The highest BCUT2D eigenvalue weighted by molar-refractivity contribution is 5.92. The molecule has 1 N–H and O–H groups in total. The van der Waals surface area contributed by atoms with Crippen molar-refractivity contribution < 1.29 is 19.6 Å². The van der Waals surface area contributed by atoms with Gasteiger partial charge in [0.25, 0.3) is 5.69 Å². The summed E-state index contributed by atoms with van der Waals surface area (Å²) in [5.41, 5.74) is 0.0659. The molecule has 1 atom stereocenters. The molecule has 0 spiro atoms. The van der Waals surface area contributed by atoms with E-state index in [2.05, 4.69) is 4.98 Å². The van der Waals surface area contributed by atoms with Crippen LogP contribution in [0.1, 0.15) is 12.8 Å². The maximum Gasteiger partial charge on any atom is 0.345 e. The summed E-state index contributed by atoms with van der Waals surface area (Å²) in [4.78, 5) is 25.7. The molecule has 7 heteroatoms. The first kappa shape index (κ1) is 13.3. The zero-order chi connectivity index (χ0) is 15.0. The van der Waals surface area contributed by atoms with Crippen molar-refractivity contribution in [1.29, 1.82) is 0 Å². The van der Waals surface area contributed by atoms with E-state index in [1.54, 1.807) is 12.1 Å². The van der Waals surface area contributed by atoms with Gasteiger partial charge in [-0.3, -0.25) is 10.1 Å². The second-order valence-corrected chi connectivity index (χ2v) is 4.95. The zero-order valence-corrected chi connectivity index (χ0v) is 10.9. The Labute approximate surface area is 119 Å². The lowest BCUT2D eigenvalue weighted by Gasteiger charge is -2.15.